The number of rotatable bonds is 6. The molecular weight excluding hydrogens is 741 g/mol. The molecule has 0 atom stereocenters. The summed E-state index contributed by atoms with van der Waals surface area (Å²) >= 11 is 3.76. The molecule has 0 saturated heterocycles. The maximum absolute atomic E-state index is 2.49. The molecule has 12 rings (SSSR count). The van der Waals surface area contributed by atoms with Crippen molar-refractivity contribution in [1.29, 1.82) is 0 Å². The molecule has 3 heterocycles. The maximum atomic E-state index is 2.49. The fourth-order valence-electron chi connectivity index (χ4n) is 8.91. The Balaban J connectivity index is 0.985. The second kappa shape index (κ2) is 13.3. The van der Waals surface area contributed by atoms with Crippen LogP contribution < -0.4 is 4.90 Å². The van der Waals surface area contributed by atoms with E-state index in [4.69, 9.17) is 0 Å². The summed E-state index contributed by atoms with van der Waals surface area (Å²) in [5.41, 5.74) is 11.9. The molecule has 0 saturated carbocycles. The first-order valence-corrected chi connectivity index (χ1v) is 21.3. The average Bonchev–Trinajstić information content (AvgIpc) is 3.97. The highest BCUT2D eigenvalue weighted by Gasteiger charge is 2.22. The van der Waals surface area contributed by atoms with Gasteiger partial charge in [0.1, 0.15) is 0 Å². The summed E-state index contributed by atoms with van der Waals surface area (Å²) in [5.74, 6) is 0. The summed E-state index contributed by atoms with van der Waals surface area (Å²) in [6.45, 7) is 0. The van der Waals surface area contributed by atoms with Crippen LogP contribution in [0.4, 0.5) is 17.1 Å². The smallest absolute Gasteiger partial charge is 0.0640 e. The van der Waals surface area contributed by atoms with Crippen LogP contribution in [0.25, 0.3) is 90.1 Å². The van der Waals surface area contributed by atoms with Gasteiger partial charge in [-0.1, -0.05) is 146 Å². The topological polar surface area (TPSA) is 8.17 Å². The number of nitrogens with zero attached hydrogens (tertiary/aromatic N) is 2. The summed E-state index contributed by atoms with van der Waals surface area (Å²) in [7, 11) is 0. The average molecular weight is 775 g/mol. The van der Waals surface area contributed by atoms with E-state index in [1.807, 2.05) is 22.7 Å². The van der Waals surface area contributed by atoms with Gasteiger partial charge in [0.05, 0.1) is 31.8 Å². The lowest BCUT2D eigenvalue weighted by Crippen LogP contribution is -2.10. The molecule has 9 aromatic carbocycles. The van der Waals surface area contributed by atoms with E-state index in [0.717, 1.165) is 5.69 Å². The quantitative estimate of drug-likeness (QED) is 0.163. The summed E-state index contributed by atoms with van der Waals surface area (Å²) in [6, 6.07) is 75.6. The Morgan fingerprint density at radius 3 is 1.48 bits per heavy atom. The molecule has 3 aromatic heterocycles. The highest BCUT2D eigenvalue weighted by Crippen LogP contribution is 2.49. The Morgan fingerprint density at radius 1 is 0.328 bits per heavy atom. The fourth-order valence-corrected chi connectivity index (χ4v) is 11.3. The van der Waals surface area contributed by atoms with Crippen LogP contribution in [0.15, 0.2) is 206 Å². The minimum absolute atomic E-state index is 1.13. The first-order chi connectivity index (χ1) is 28.8. The summed E-state index contributed by atoms with van der Waals surface area (Å²) in [4.78, 5) is 2.49. The zero-order valence-corrected chi connectivity index (χ0v) is 33.0. The standard InChI is InChI=1S/C54H34N2S2/c1-2-14-39(15-3-1)55-47-22-7-4-17-41(47)42-32-31-38(34-50(42)55)36-29-27-35(28-30-36)37-13-10-16-40(33-37)56(48-23-11-20-45-43-18-5-8-25-51(43)57-53(45)48)49-24-12-21-46-44-19-6-9-26-52(44)58-54(46)49/h1-34H. The molecule has 0 N–H and O–H groups in total. The molecule has 0 amide bonds. The lowest BCUT2D eigenvalue weighted by Gasteiger charge is -2.27. The van der Waals surface area contributed by atoms with E-state index in [2.05, 4.69) is 216 Å². The number of benzene rings is 9. The van der Waals surface area contributed by atoms with Gasteiger partial charge in [0.2, 0.25) is 0 Å². The number of hydrogen-bond donors (Lipinski definition) is 0. The Kier molecular flexibility index (Phi) is 7.62. The Labute approximate surface area is 343 Å². The monoisotopic (exact) mass is 774 g/mol. The molecule has 0 bridgehead atoms. The van der Waals surface area contributed by atoms with E-state index in [1.54, 1.807) is 0 Å². The van der Waals surface area contributed by atoms with Crippen LogP contribution in [0.2, 0.25) is 0 Å². The molecule has 12 aromatic rings. The predicted molar refractivity (Wildman–Crippen MR) is 252 cm³/mol. The van der Waals surface area contributed by atoms with Crippen LogP contribution in [-0.4, -0.2) is 4.57 Å². The van der Waals surface area contributed by atoms with Gasteiger partial charge in [-0.05, 0) is 82.9 Å². The van der Waals surface area contributed by atoms with Crippen molar-refractivity contribution in [3.8, 4) is 27.9 Å². The van der Waals surface area contributed by atoms with Crippen LogP contribution >= 0.6 is 22.7 Å². The van der Waals surface area contributed by atoms with Crippen molar-refractivity contribution >= 4 is 102 Å². The SMILES string of the molecule is c1ccc(-n2c3ccccc3c3ccc(-c4ccc(-c5cccc(N(c6cccc7c6sc6ccccc67)c6cccc7c6sc6ccccc67)c5)cc4)cc32)cc1. The van der Waals surface area contributed by atoms with Crippen LogP contribution in [0.3, 0.4) is 0 Å². The molecule has 0 spiro atoms. The second-order valence-corrected chi connectivity index (χ2v) is 17.0. The molecule has 0 aliphatic heterocycles. The van der Waals surface area contributed by atoms with Crippen molar-refractivity contribution in [1.82, 2.24) is 4.57 Å². The molecule has 0 aliphatic rings. The van der Waals surface area contributed by atoms with Gasteiger partial charge in [0, 0.05) is 53.1 Å². The lowest BCUT2D eigenvalue weighted by molar-refractivity contribution is 1.18. The Morgan fingerprint density at radius 2 is 0.828 bits per heavy atom. The van der Waals surface area contributed by atoms with Crippen LogP contribution in [-0.2, 0) is 0 Å². The van der Waals surface area contributed by atoms with Crippen molar-refractivity contribution in [2.24, 2.45) is 0 Å². The summed E-state index contributed by atoms with van der Waals surface area (Å²) in [6.07, 6.45) is 0. The molecule has 272 valence electrons. The van der Waals surface area contributed by atoms with E-state index < -0.39 is 0 Å². The van der Waals surface area contributed by atoms with Gasteiger partial charge in [0.15, 0.2) is 0 Å². The normalized spacial score (nSPS) is 11.8. The Hall–Kier alpha value is -6.98. The van der Waals surface area contributed by atoms with Gasteiger partial charge in [-0.3, -0.25) is 0 Å². The molecule has 2 nitrogen and oxygen atoms in total. The number of aromatic nitrogens is 1. The van der Waals surface area contributed by atoms with Gasteiger partial charge >= 0.3 is 0 Å². The molecule has 0 radical (unpaired) electrons. The van der Waals surface area contributed by atoms with E-state index in [1.165, 1.54) is 101 Å². The number of hydrogen-bond acceptors (Lipinski definition) is 3. The van der Waals surface area contributed by atoms with Crippen molar-refractivity contribution in [2.45, 2.75) is 0 Å². The van der Waals surface area contributed by atoms with Gasteiger partial charge in [-0.25, -0.2) is 0 Å². The Bertz CT molecular complexity index is 3400. The van der Waals surface area contributed by atoms with Crippen molar-refractivity contribution < 1.29 is 0 Å². The van der Waals surface area contributed by atoms with Gasteiger partial charge in [-0.15, -0.1) is 22.7 Å². The lowest BCUT2D eigenvalue weighted by atomic mass is 9.99. The number of anilines is 3. The van der Waals surface area contributed by atoms with E-state index in [9.17, 15) is 0 Å². The van der Waals surface area contributed by atoms with Crippen molar-refractivity contribution in [3.63, 3.8) is 0 Å². The first-order valence-electron chi connectivity index (χ1n) is 19.7. The zero-order chi connectivity index (χ0) is 38.2. The van der Waals surface area contributed by atoms with E-state index >= 15 is 0 Å². The third-order valence-corrected chi connectivity index (χ3v) is 14.0. The van der Waals surface area contributed by atoms with Crippen molar-refractivity contribution in [3.05, 3.63) is 206 Å². The highest BCUT2D eigenvalue weighted by molar-refractivity contribution is 7.27. The minimum atomic E-state index is 1.13. The molecule has 58 heavy (non-hydrogen) atoms. The molecule has 0 fully saturated rings. The van der Waals surface area contributed by atoms with Crippen LogP contribution in [0.5, 0.6) is 0 Å². The minimum Gasteiger partial charge on any atom is -0.309 e. The first kappa shape index (κ1) is 33.2. The third-order valence-electron chi connectivity index (χ3n) is 11.6. The van der Waals surface area contributed by atoms with Gasteiger partial charge in [-0.2, -0.15) is 0 Å². The van der Waals surface area contributed by atoms with Crippen molar-refractivity contribution in [2.75, 3.05) is 4.90 Å². The van der Waals surface area contributed by atoms with Crippen LogP contribution in [0.1, 0.15) is 0 Å². The van der Waals surface area contributed by atoms with Gasteiger partial charge < -0.3 is 9.47 Å². The van der Waals surface area contributed by atoms with E-state index in [0.29, 0.717) is 0 Å². The molecular formula is C54H34N2S2. The van der Waals surface area contributed by atoms with Gasteiger partial charge in [0.25, 0.3) is 0 Å². The number of thiophene rings is 2. The highest BCUT2D eigenvalue weighted by atomic mass is 32.1. The molecule has 0 aliphatic carbocycles. The molecule has 0 unspecified atom stereocenters. The predicted octanol–water partition coefficient (Wildman–Crippen LogP) is 16.3. The third kappa shape index (κ3) is 5.23. The summed E-state index contributed by atoms with van der Waals surface area (Å²) in [5, 5.41) is 7.72. The fraction of sp³-hybridized carbons (Fsp3) is 0. The largest absolute Gasteiger partial charge is 0.309 e. The number of para-hydroxylation sites is 2. The van der Waals surface area contributed by atoms with E-state index in [-0.39, 0.29) is 0 Å². The van der Waals surface area contributed by atoms with Crippen LogP contribution in [0, 0.1) is 0 Å². The molecule has 4 heteroatoms. The zero-order valence-electron chi connectivity index (χ0n) is 31.3. The number of fused-ring (bicyclic) bond motifs is 9. The maximum Gasteiger partial charge on any atom is 0.0640 e. The second-order valence-electron chi connectivity index (χ2n) is 14.9. The summed E-state index contributed by atoms with van der Waals surface area (Å²) < 4.78 is 7.58.